The van der Waals surface area contributed by atoms with Gasteiger partial charge in [-0.15, -0.1) is 0 Å². The van der Waals surface area contributed by atoms with E-state index in [1.54, 1.807) is 18.9 Å². The van der Waals surface area contributed by atoms with E-state index in [2.05, 4.69) is 29.5 Å². The molecule has 2 aromatic heterocycles. The van der Waals surface area contributed by atoms with E-state index < -0.39 is 0 Å². The zero-order valence-corrected chi connectivity index (χ0v) is 25.3. The summed E-state index contributed by atoms with van der Waals surface area (Å²) in [5, 5.41) is 9.00. The van der Waals surface area contributed by atoms with E-state index in [0.29, 0.717) is 24.6 Å². The van der Waals surface area contributed by atoms with Crippen LogP contribution in [-0.2, 0) is 9.53 Å². The minimum Gasteiger partial charge on any atom is -0.466 e. The fourth-order valence-electron chi connectivity index (χ4n) is 6.15. The Bertz CT molecular complexity index is 1530. The summed E-state index contributed by atoms with van der Waals surface area (Å²) < 4.78 is 17.0. The summed E-state index contributed by atoms with van der Waals surface area (Å²) in [5.41, 5.74) is 6.50. The molecule has 0 aliphatic heterocycles. The molecule has 8 heteroatoms. The second-order valence-electron chi connectivity index (χ2n) is 11.4. The Morgan fingerprint density at radius 1 is 1.07 bits per heavy atom. The number of hydrogen-bond acceptors (Lipinski definition) is 7. The van der Waals surface area contributed by atoms with Crippen LogP contribution < -0.4 is 5.32 Å². The van der Waals surface area contributed by atoms with Gasteiger partial charge < -0.3 is 23.9 Å². The number of aromatic nitrogens is 1. The van der Waals surface area contributed by atoms with Crippen LogP contribution in [0, 0.1) is 26.7 Å². The molecule has 0 spiro atoms. The third kappa shape index (κ3) is 6.22. The molecule has 1 aliphatic rings. The minimum atomic E-state index is -0.300. The van der Waals surface area contributed by atoms with E-state index in [0.717, 1.165) is 63.4 Å². The molecule has 2 heterocycles. The number of benzene rings is 2. The average Bonchev–Trinajstić information content (AvgIpc) is 3.52. The third-order valence-corrected chi connectivity index (χ3v) is 8.46. The van der Waals surface area contributed by atoms with E-state index in [1.807, 2.05) is 44.2 Å². The van der Waals surface area contributed by atoms with Gasteiger partial charge in [0.05, 0.1) is 24.8 Å². The first kappa shape index (κ1) is 29.4. The monoisotopic (exact) mass is 571 g/mol. The molecule has 1 aliphatic carbocycles. The van der Waals surface area contributed by atoms with Gasteiger partial charge in [0.1, 0.15) is 17.1 Å². The summed E-state index contributed by atoms with van der Waals surface area (Å²) in [5.74, 6) is 1.78. The Morgan fingerprint density at radius 3 is 2.48 bits per heavy atom. The van der Waals surface area contributed by atoms with Gasteiger partial charge in [0, 0.05) is 41.4 Å². The molecule has 1 saturated carbocycles. The maximum absolute atomic E-state index is 12.9. The smallest absolute Gasteiger partial charge is 0.307 e. The number of amides is 1. The van der Waals surface area contributed by atoms with E-state index in [4.69, 9.17) is 13.7 Å². The zero-order chi connectivity index (χ0) is 29.8. The molecule has 2 aromatic carbocycles. The van der Waals surface area contributed by atoms with Gasteiger partial charge in [0.2, 0.25) is 0 Å². The topological polar surface area (TPSA) is 97.8 Å². The normalized spacial score (nSPS) is 14.6. The predicted molar refractivity (Wildman–Crippen MR) is 164 cm³/mol. The molecule has 5 rings (SSSR count). The van der Waals surface area contributed by atoms with Crippen LogP contribution in [0.3, 0.4) is 0 Å². The number of ether oxygens (including phenoxy) is 1. The summed E-state index contributed by atoms with van der Waals surface area (Å²) in [4.78, 5) is 26.2. The molecule has 1 unspecified atom stereocenters. The molecule has 1 atom stereocenters. The summed E-state index contributed by atoms with van der Waals surface area (Å²) >= 11 is 0. The molecule has 42 heavy (non-hydrogen) atoms. The van der Waals surface area contributed by atoms with Crippen LogP contribution in [0.1, 0.15) is 84.6 Å². The lowest BCUT2D eigenvalue weighted by Crippen LogP contribution is -2.29. The highest BCUT2D eigenvalue weighted by molar-refractivity contribution is 5.94. The highest BCUT2D eigenvalue weighted by atomic mass is 16.5. The van der Waals surface area contributed by atoms with E-state index in [1.165, 1.54) is 19.3 Å². The molecular weight excluding hydrogens is 530 g/mol. The van der Waals surface area contributed by atoms with Gasteiger partial charge in [-0.25, -0.2) is 0 Å². The maximum atomic E-state index is 12.9. The second kappa shape index (κ2) is 12.8. The van der Waals surface area contributed by atoms with Crippen molar-refractivity contribution in [2.75, 3.05) is 25.5 Å². The number of anilines is 1. The van der Waals surface area contributed by atoms with Gasteiger partial charge in [0.15, 0.2) is 0 Å². The van der Waals surface area contributed by atoms with E-state index >= 15 is 0 Å². The first-order valence-electron chi connectivity index (χ1n) is 15.0. The third-order valence-electron chi connectivity index (χ3n) is 8.46. The first-order valence-corrected chi connectivity index (χ1v) is 15.0. The molecule has 0 bridgehead atoms. The van der Waals surface area contributed by atoms with Crippen molar-refractivity contribution in [1.82, 2.24) is 10.1 Å². The van der Waals surface area contributed by atoms with Crippen molar-refractivity contribution in [3.8, 4) is 11.1 Å². The van der Waals surface area contributed by atoms with Gasteiger partial charge in [-0.05, 0) is 88.4 Å². The highest BCUT2D eigenvalue weighted by Crippen LogP contribution is 2.42. The number of fused-ring (bicyclic) bond motifs is 1. The minimum absolute atomic E-state index is 0.00835. The van der Waals surface area contributed by atoms with E-state index in [9.17, 15) is 9.59 Å². The maximum Gasteiger partial charge on any atom is 0.307 e. The lowest BCUT2D eigenvalue weighted by molar-refractivity contribution is -0.143. The molecule has 0 saturated heterocycles. The number of carbonyl (C=O) groups excluding carboxylic acids is 2. The van der Waals surface area contributed by atoms with Crippen molar-refractivity contribution in [3.63, 3.8) is 0 Å². The van der Waals surface area contributed by atoms with Crippen molar-refractivity contribution in [1.29, 1.82) is 0 Å². The number of furan rings is 1. The molecule has 1 N–H and O–H groups in total. The molecule has 222 valence electrons. The van der Waals surface area contributed by atoms with Crippen LogP contribution in [0.5, 0.6) is 0 Å². The van der Waals surface area contributed by atoms with Crippen molar-refractivity contribution >= 4 is 28.5 Å². The molecule has 4 aromatic rings. The summed E-state index contributed by atoms with van der Waals surface area (Å²) in [6.07, 6.45) is 6.15. The van der Waals surface area contributed by atoms with Crippen LogP contribution in [0.25, 0.3) is 22.1 Å². The van der Waals surface area contributed by atoms with Crippen molar-refractivity contribution in [3.05, 3.63) is 70.8 Å². The van der Waals surface area contributed by atoms with Crippen molar-refractivity contribution in [2.24, 2.45) is 5.92 Å². The van der Waals surface area contributed by atoms with E-state index in [-0.39, 0.29) is 24.3 Å². The van der Waals surface area contributed by atoms with Crippen molar-refractivity contribution in [2.45, 2.75) is 72.3 Å². The highest BCUT2D eigenvalue weighted by Gasteiger charge is 2.30. The molecule has 0 radical (unpaired) electrons. The van der Waals surface area contributed by atoms with Gasteiger partial charge in [0.25, 0.3) is 5.91 Å². The standard InChI is InChI=1S/C34H41N3O5/c1-6-40-30(38)18-19-37(5)34(39)25-12-15-27(16-13-25)35-32(24-10-8-7-9-11-24)33-21(2)28-20-26(14-17-29(28)41-33)31-22(3)36-42-23(31)4/h12-17,20,24,32,35H,6-11,18-19H2,1-5H3. The number of esters is 1. The SMILES string of the molecule is CCOC(=O)CCN(C)C(=O)c1ccc(NC(c2oc3ccc(-c4c(C)noc4C)cc3c2C)C2CCCCC2)cc1. The van der Waals surface area contributed by atoms with Gasteiger partial charge in [-0.2, -0.15) is 0 Å². The van der Waals surface area contributed by atoms with Crippen LogP contribution in [0.4, 0.5) is 5.69 Å². The van der Waals surface area contributed by atoms with Crippen LogP contribution in [0.2, 0.25) is 0 Å². The number of nitrogens with one attached hydrogen (secondary N) is 1. The molecule has 1 amide bonds. The van der Waals surface area contributed by atoms with Crippen LogP contribution >= 0.6 is 0 Å². The molecular formula is C34H41N3O5. The predicted octanol–water partition coefficient (Wildman–Crippen LogP) is 7.77. The zero-order valence-electron chi connectivity index (χ0n) is 25.3. The largest absolute Gasteiger partial charge is 0.466 e. The number of rotatable bonds is 10. The number of hydrogen-bond donors (Lipinski definition) is 1. The Hall–Kier alpha value is -4.07. The van der Waals surface area contributed by atoms with Gasteiger partial charge in [-0.1, -0.05) is 30.5 Å². The Morgan fingerprint density at radius 2 is 1.81 bits per heavy atom. The fourth-order valence-corrected chi connectivity index (χ4v) is 6.15. The van der Waals surface area contributed by atoms with Crippen LogP contribution in [0.15, 0.2) is 51.4 Å². The lowest BCUT2D eigenvalue weighted by atomic mass is 9.82. The summed E-state index contributed by atoms with van der Waals surface area (Å²) in [7, 11) is 1.70. The summed E-state index contributed by atoms with van der Waals surface area (Å²) in [6.45, 7) is 8.47. The van der Waals surface area contributed by atoms with Crippen molar-refractivity contribution < 1.29 is 23.3 Å². The average molecular weight is 572 g/mol. The molecule has 1 fully saturated rings. The lowest BCUT2D eigenvalue weighted by Gasteiger charge is -2.31. The Labute approximate surface area is 247 Å². The number of nitrogens with zero attached hydrogens (tertiary/aromatic N) is 2. The summed E-state index contributed by atoms with van der Waals surface area (Å²) in [6, 6.07) is 13.9. The Balaban J connectivity index is 1.39. The number of carbonyl (C=O) groups is 2. The fraction of sp³-hybridized carbons (Fsp3) is 0.441. The first-order chi connectivity index (χ1) is 20.3. The Kier molecular flexibility index (Phi) is 9.00. The van der Waals surface area contributed by atoms with Crippen LogP contribution in [-0.4, -0.2) is 42.1 Å². The van der Waals surface area contributed by atoms with Gasteiger partial charge in [-0.3, -0.25) is 9.59 Å². The quantitative estimate of drug-likeness (QED) is 0.194. The second-order valence-corrected chi connectivity index (χ2v) is 11.4. The van der Waals surface area contributed by atoms with Gasteiger partial charge >= 0.3 is 5.97 Å². The molecule has 8 nitrogen and oxygen atoms in total. The number of aryl methyl sites for hydroxylation is 3.